The Balaban J connectivity index is 3.53. The summed E-state index contributed by atoms with van der Waals surface area (Å²) in [6.45, 7) is 20.7. The number of ether oxygens (including phenoxy) is 1. The van der Waals surface area contributed by atoms with E-state index in [1.165, 1.54) is 0 Å². The average molecular weight is 611 g/mol. The molecule has 0 aliphatic carbocycles. The monoisotopic (exact) mass is 609 g/mol. The molecule has 0 unspecified atom stereocenters. The van der Waals surface area contributed by atoms with Gasteiger partial charge in [0.05, 0.1) is 23.6 Å². The van der Waals surface area contributed by atoms with Crippen LogP contribution in [-0.2, 0) is 18.0 Å². The van der Waals surface area contributed by atoms with Crippen molar-refractivity contribution in [1.82, 2.24) is 0 Å². The van der Waals surface area contributed by atoms with Crippen LogP contribution in [0.25, 0.3) is 10.4 Å². The second kappa shape index (κ2) is 15.6. The molecule has 0 N–H and O–H groups in total. The van der Waals surface area contributed by atoms with Crippen LogP contribution in [0, 0.1) is 0 Å². The number of rotatable bonds is 17. The number of alkyl halides is 1. The van der Waals surface area contributed by atoms with Gasteiger partial charge in [0.2, 0.25) is 0 Å². The van der Waals surface area contributed by atoms with Gasteiger partial charge in [0.15, 0.2) is 31.2 Å². The molecule has 0 bridgehead atoms. The van der Waals surface area contributed by atoms with Crippen LogP contribution in [0.4, 0.5) is 0 Å². The van der Waals surface area contributed by atoms with Gasteiger partial charge in [0, 0.05) is 4.91 Å². The van der Waals surface area contributed by atoms with Crippen LogP contribution >= 0.6 is 15.9 Å². The van der Waals surface area contributed by atoms with Gasteiger partial charge in [-0.25, -0.2) is 0 Å². The van der Waals surface area contributed by atoms with Crippen molar-refractivity contribution in [3.05, 3.63) is 10.4 Å². The summed E-state index contributed by atoms with van der Waals surface area (Å²) in [5, 5.41) is 4.03. The van der Waals surface area contributed by atoms with Gasteiger partial charge in [0.1, 0.15) is 6.10 Å². The topological polar surface area (TPSA) is 85.7 Å². The Hall–Kier alpha value is 0.281. The van der Waals surface area contributed by atoms with E-state index in [4.69, 9.17) is 18.0 Å². The quantitative estimate of drug-likeness (QED) is 0.0543. The average Bonchev–Trinajstić information content (AvgIpc) is 2.90. The van der Waals surface area contributed by atoms with Gasteiger partial charge in [-0.05, 0) is 59.9 Å². The molecule has 0 aromatic rings. The van der Waals surface area contributed by atoms with E-state index in [-0.39, 0.29) is 23.1 Å². The van der Waals surface area contributed by atoms with E-state index in [0.717, 1.165) is 54.4 Å². The van der Waals surface area contributed by atoms with E-state index in [1.54, 1.807) is 0 Å². The highest BCUT2D eigenvalue weighted by Gasteiger charge is 2.51. The van der Waals surface area contributed by atoms with Gasteiger partial charge >= 0.3 is 0 Å². The highest BCUT2D eigenvalue weighted by Crippen LogP contribution is 2.39. The molecule has 1 saturated heterocycles. The van der Waals surface area contributed by atoms with E-state index in [9.17, 15) is 5.53 Å². The molecule has 0 saturated carbocycles. The molecule has 0 aromatic heterocycles. The minimum absolute atomic E-state index is 0.239. The number of hydrogen-bond donors (Lipinski definition) is 0. The van der Waals surface area contributed by atoms with Crippen molar-refractivity contribution in [3.8, 4) is 0 Å². The lowest BCUT2D eigenvalue weighted by Crippen LogP contribution is -2.63. The lowest BCUT2D eigenvalue weighted by Gasteiger charge is -2.50. The fraction of sp³-hybridized carbons (Fsp3) is 1.00. The van der Waals surface area contributed by atoms with Gasteiger partial charge in [-0.15, -0.1) is 0 Å². The first kappa shape index (κ1) is 33.3. The first-order valence-corrected chi connectivity index (χ1v) is 22.5. The third kappa shape index (κ3) is 8.13. The van der Waals surface area contributed by atoms with E-state index < -0.39 is 31.2 Å². The first-order valence-electron chi connectivity index (χ1n) is 14.0. The van der Waals surface area contributed by atoms with Crippen molar-refractivity contribution >= 4 is 40.9 Å². The standard InChI is InChI=1S/C24H52BrN3O4Si3/c1-10-33(11-2,12-3)29-19-20-22(31-34(13-4,14-5)15-6)23(21(25)24(30-20)27-28-26)32-35(16-7,17-8)18-9/h20-24H,10-19H2,1-9H3/t20-,21-,22+,23-,24-/m1/s1. The molecule has 206 valence electrons. The smallest absolute Gasteiger partial charge is 0.192 e. The maximum absolute atomic E-state index is 9.30. The van der Waals surface area contributed by atoms with Crippen LogP contribution < -0.4 is 0 Å². The Bertz CT molecular complexity index is 635. The molecule has 7 nitrogen and oxygen atoms in total. The zero-order chi connectivity index (χ0) is 26.7. The van der Waals surface area contributed by atoms with Crippen LogP contribution in [0.2, 0.25) is 54.4 Å². The molecule has 0 spiro atoms. The molecule has 1 aliphatic rings. The molecule has 1 rings (SSSR count). The summed E-state index contributed by atoms with van der Waals surface area (Å²) in [6.07, 6.45) is -1.46. The third-order valence-electron chi connectivity index (χ3n) is 8.88. The third-order valence-corrected chi connectivity index (χ3v) is 23.8. The molecule has 5 atom stereocenters. The normalized spacial score (nSPS) is 25.9. The van der Waals surface area contributed by atoms with E-state index in [1.807, 2.05) is 0 Å². The van der Waals surface area contributed by atoms with Gasteiger partial charge in [-0.2, -0.15) is 0 Å². The van der Waals surface area contributed by atoms with Crippen molar-refractivity contribution in [2.75, 3.05) is 6.61 Å². The molecule has 0 radical (unpaired) electrons. The molecule has 35 heavy (non-hydrogen) atoms. The molecule has 1 heterocycles. The maximum Gasteiger partial charge on any atom is 0.192 e. The Labute approximate surface area is 226 Å². The number of halogens is 1. The van der Waals surface area contributed by atoms with E-state index in [0.29, 0.717) is 6.61 Å². The summed E-state index contributed by atoms with van der Waals surface area (Å²) in [7, 11) is -5.78. The van der Waals surface area contributed by atoms with Crippen LogP contribution in [-0.4, -0.2) is 60.9 Å². The Morgan fingerprint density at radius 2 is 1.11 bits per heavy atom. The highest BCUT2D eigenvalue weighted by atomic mass is 79.9. The number of hydrogen-bond acceptors (Lipinski definition) is 5. The van der Waals surface area contributed by atoms with Gasteiger partial charge < -0.3 is 18.0 Å². The molecule has 1 aliphatic heterocycles. The second-order valence-electron chi connectivity index (χ2n) is 9.92. The Morgan fingerprint density at radius 3 is 1.49 bits per heavy atom. The van der Waals surface area contributed by atoms with Crippen molar-refractivity contribution < 1.29 is 18.0 Å². The molecular weight excluding hydrogens is 558 g/mol. The predicted octanol–water partition coefficient (Wildman–Crippen LogP) is 8.59. The summed E-state index contributed by atoms with van der Waals surface area (Å²) in [5.74, 6) is 0. The van der Waals surface area contributed by atoms with Crippen molar-refractivity contribution in [2.45, 2.75) is 146 Å². The number of azide groups is 1. The van der Waals surface area contributed by atoms with E-state index >= 15 is 0 Å². The van der Waals surface area contributed by atoms with Gasteiger partial charge in [0.25, 0.3) is 0 Å². The predicted molar refractivity (Wildman–Crippen MR) is 158 cm³/mol. The second-order valence-corrected chi connectivity index (χ2v) is 25.2. The van der Waals surface area contributed by atoms with Crippen LogP contribution in [0.5, 0.6) is 0 Å². The molecule has 1 fully saturated rings. The van der Waals surface area contributed by atoms with Crippen LogP contribution in [0.15, 0.2) is 5.11 Å². The lowest BCUT2D eigenvalue weighted by atomic mass is 10.0. The first-order chi connectivity index (χ1) is 16.7. The summed E-state index contributed by atoms with van der Waals surface area (Å²) < 4.78 is 27.5. The summed E-state index contributed by atoms with van der Waals surface area (Å²) in [6, 6.07) is 9.54. The fourth-order valence-electron chi connectivity index (χ4n) is 5.33. The largest absolute Gasteiger partial charge is 0.414 e. The van der Waals surface area contributed by atoms with Crippen molar-refractivity contribution in [1.29, 1.82) is 0 Å². The summed E-state index contributed by atoms with van der Waals surface area (Å²) in [5.41, 5.74) is 9.30. The SMILES string of the molecule is CC[Si](CC)(CC)OC[C@H]1O[C@@H](N=[N+]=[N-])[C@H](Br)[C@@H](O[Si](CC)(CC)CC)[C@H]1O[Si](CC)(CC)CC. The van der Waals surface area contributed by atoms with Gasteiger partial charge in [-0.3, -0.25) is 0 Å². The minimum Gasteiger partial charge on any atom is -0.414 e. The van der Waals surface area contributed by atoms with Crippen LogP contribution in [0.1, 0.15) is 62.3 Å². The highest BCUT2D eigenvalue weighted by molar-refractivity contribution is 9.09. The van der Waals surface area contributed by atoms with Crippen LogP contribution in [0.3, 0.4) is 0 Å². The zero-order valence-corrected chi connectivity index (χ0v) is 28.4. The minimum atomic E-state index is -1.98. The molecule has 11 heteroatoms. The number of nitrogens with zero attached hydrogens (tertiary/aromatic N) is 3. The summed E-state index contributed by atoms with van der Waals surface area (Å²) in [4.78, 5) is 2.84. The van der Waals surface area contributed by atoms with Gasteiger partial charge in [-0.1, -0.05) is 83.4 Å². The fourth-order valence-corrected chi connectivity index (χ4v) is 14.5. The molecular formula is C24H52BrN3O4Si3. The Morgan fingerprint density at radius 1 is 0.714 bits per heavy atom. The molecule has 0 amide bonds. The van der Waals surface area contributed by atoms with Crippen molar-refractivity contribution in [2.24, 2.45) is 5.11 Å². The maximum atomic E-state index is 9.30. The molecule has 0 aromatic carbocycles. The van der Waals surface area contributed by atoms with E-state index in [2.05, 4.69) is 88.3 Å². The lowest BCUT2D eigenvalue weighted by molar-refractivity contribution is -0.161. The summed E-state index contributed by atoms with van der Waals surface area (Å²) >= 11 is 3.85. The van der Waals surface area contributed by atoms with Crippen molar-refractivity contribution in [3.63, 3.8) is 0 Å². The zero-order valence-electron chi connectivity index (χ0n) is 23.8. The Kier molecular flexibility index (Phi) is 14.9.